The zero-order valence-electron chi connectivity index (χ0n) is 10.3. The first-order valence-electron chi connectivity index (χ1n) is 5.90. The Hall–Kier alpha value is -2.55. The normalized spacial score (nSPS) is 10.5. The van der Waals surface area contributed by atoms with Gasteiger partial charge >= 0.3 is 0 Å². The molecule has 3 nitrogen and oxygen atoms in total. The van der Waals surface area contributed by atoms with E-state index in [9.17, 15) is 9.90 Å². The van der Waals surface area contributed by atoms with Gasteiger partial charge < -0.3 is 14.6 Å². The van der Waals surface area contributed by atoms with Crippen LogP contribution in [0.1, 0.15) is 11.1 Å². The lowest BCUT2D eigenvalue weighted by molar-refractivity contribution is -0.297. The van der Waals surface area contributed by atoms with Gasteiger partial charge in [-0.05, 0) is 29.3 Å². The number of hydrogen-bond donors (Lipinski definition) is 0. The van der Waals surface area contributed by atoms with E-state index in [0.29, 0.717) is 12.4 Å². The standard InChI is InChI=1S/C16H14O3/c17-16(18)10-9-13-7-4-8-15(11-13)19-12-14-5-2-1-3-6-14/h1-11H,12H2,(H,17,18)/p-1. The van der Waals surface area contributed by atoms with E-state index in [1.165, 1.54) is 6.08 Å². The SMILES string of the molecule is O=C([O-])C=Cc1cccc(OCc2ccccc2)c1. The summed E-state index contributed by atoms with van der Waals surface area (Å²) in [5.74, 6) is -0.514. The van der Waals surface area contributed by atoms with Crippen LogP contribution in [0.25, 0.3) is 6.08 Å². The number of hydrogen-bond acceptors (Lipinski definition) is 3. The first-order valence-corrected chi connectivity index (χ1v) is 5.90. The molecule has 0 aliphatic carbocycles. The maximum absolute atomic E-state index is 10.3. The number of carboxylic acid groups (broad SMARTS) is 1. The Kier molecular flexibility index (Phi) is 4.34. The number of aliphatic carboxylic acids is 1. The van der Waals surface area contributed by atoms with Crippen molar-refractivity contribution in [2.24, 2.45) is 0 Å². The number of rotatable bonds is 5. The third-order valence-electron chi connectivity index (χ3n) is 2.52. The van der Waals surface area contributed by atoms with Crippen LogP contribution >= 0.6 is 0 Å². The molecule has 2 aromatic carbocycles. The third-order valence-corrected chi connectivity index (χ3v) is 2.52. The van der Waals surface area contributed by atoms with Crippen molar-refractivity contribution in [3.8, 4) is 5.75 Å². The molecular weight excluding hydrogens is 240 g/mol. The van der Waals surface area contributed by atoms with Gasteiger partial charge in [-0.2, -0.15) is 0 Å². The molecule has 0 radical (unpaired) electrons. The second-order valence-corrected chi connectivity index (χ2v) is 4.00. The van der Waals surface area contributed by atoms with Gasteiger partial charge in [0.1, 0.15) is 12.4 Å². The fourth-order valence-corrected chi connectivity index (χ4v) is 1.61. The second kappa shape index (κ2) is 6.40. The Bertz CT molecular complexity index is 574. The fourth-order valence-electron chi connectivity index (χ4n) is 1.61. The van der Waals surface area contributed by atoms with Crippen LogP contribution in [0.4, 0.5) is 0 Å². The zero-order valence-corrected chi connectivity index (χ0v) is 10.3. The van der Waals surface area contributed by atoms with Gasteiger partial charge in [0.25, 0.3) is 0 Å². The molecule has 3 heteroatoms. The van der Waals surface area contributed by atoms with Crippen LogP contribution < -0.4 is 9.84 Å². The molecule has 0 amide bonds. The van der Waals surface area contributed by atoms with E-state index in [1.54, 1.807) is 12.1 Å². The van der Waals surface area contributed by atoms with E-state index < -0.39 is 5.97 Å². The largest absolute Gasteiger partial charge is 0.545 e. The fraction of sp³-hybridized carbons (Fsp3) is 0.0625. The lowest BCUT2D eigenvalue weighted by atomic mass is 10.2. The number of carbonyl (C=O) groups excluding carboxylic acids is 1. The van der Waals surface area contributed by atoms with Crippen LogP contribution in [0.5, 0.6) is 5.75 Å². The van der Waals surface area contributed by atoms with Crippen LogP contribution in [0.2, 0.25) is 0 Å². The van der Waals surface area contributed by atoms with E-state index in [-0.39, 0.29) is 0 Å². The number of carboxylic acids is 1. The molecule has 96 valence electrons. The van der Waals surface area contributed by atoms with Crippen molar-refractivity contribution in [2.45, 2.75) is 6.61 Å². The molecule has 0 N–H and O–H groups in total. The number of ether oxygens (including phenoxy) is 1. The van der Waals surface area contributed by atoms with Crippen LogP contribution in [0, 0.1) is 0 Å². The van der Waals surface area contributed by atoms with Gasteiger partial charge in [0.15, 0.2) is 0 Å². The predicted octanol–water partition coefficient (Wildman–Crippen LogP) is 2.03. The molecule has 0 spiro atoms. The highest BCUT2D eigenvalue weighted by atomic mass is 16.5. The average Bonchev–Trinajstić information content (AvgIpc) is 2.44. The van der Waals surface area contributed by atoms with Crippen molar-refractivity contribution in [1.29, 1.82) is 0 Å². The molecule has 0 heterocycles. The van der Waals surface area contributed by atoms with Gasteiger partial charge in [-0.1, -0.05) is 48.5 Å². The molecule has 2 rings (SSSR count). The molecule has 0 aromatic heterocycles. The first-order chi connectivity index (χ1) is 9.24. The van der Waals surface area contributed by atoms with Gasteiger partial charge in [0.2, 0.25) is 0 Å². The van der Waals surface area contributed by atoms with E-state index in [0.717, 1.165) is 17.2 Å². The lowest BCUT2D eigenvalue weighted by Crippen LogP contribution is -2.18. The molecule has 19 heavy (non-hydrogen) atoms. The van der Waals surface area contributed by atoms with Gasteiger partial charge in [0.05, 0.1) is 5.97 Å². The van der Waals surface area contributed by atoms with Crippen LogP contribution in [0.15, 0.2) is 60.7 Å². The topological polar surface area (TPSA) is 49.4 Å². The summed E-state index contributed by atoms with van der Waals surface area (Å²) in [6.07, 6.45) is 2.47. The van der Waals surface area contributed by atoms with Crippen molar-refractivity contribution in [3.05, 3.63) is 71.8 Å². The first kappa shape index (κ1) is 12.9. The highest BCUT2D eigenvalue weighted by Crippen LogP contribution is 2.16. The molecule has 0 unspecified atom stereocenters. The Labute approximate surface area is 111 Å². The van der Waals surface area contributed by atoms with Crippen LogP contribution in [-0.4, -0.2) is 5.97 Å². The summed E-state index contributed by atoms with van der Waals surface area (Å²) >= 11 is 0. The minimum Gasteiger partial charge on any atom is -0.545 e. The lowest BCUT2D eigenvalue weighted by Gasteiger charge is -2.06. The highest BCUT2D eigenvalue weighted by molar-refractivity contribution is 5.83. The van der Waals surface area contributed by atoms with Gasteiger partial charge in [-0.15, -0.1) is 0 Å². The maximum Gasteiger partial charge on any atom is 0.120 e. The summed E-state index contributed by atoms with van der Waals surface area (Å²) in [5, 5.41) is 10.3. The van der Waals surface area contributed by atoms with E-state index in [1.807, 2.05) is 42.5 Å². The minimum absolute atomic E-state index is 0.481. The summed E-state index contributed by atoms with van der Waals surface area (Å²) in [7, 11) is 0. The monoisotopic (exact) mass is 253 g/mol. The summed E-state index contributed by atoms with van der Waals surface area (Å²) in [5.41, 5.74) is 1.84. The molecule has 0 fully saturated rings. The third kappa shape index (κ3) is 4.32. The molecule has 0 atom stereocenters. The van der Waals surface area contributed by atoms with E-state index in [4.69, 9.17) is 4.74 Å². The Morgan fingerprint density at radius 1 is 1.11 bits per heavy atom. The molecule has 0 saturated carbocycles. The van der Waals surface area contributed by atoms with Crippen LogP contribution in [-0.2, 0) is 11.4 Å². The Balaban J connectivity index is 2.01. The van der Waals surface area contributed by atoms with Gasteiger partial charge in [0, 0.05) is 0 Å². The summed E-state index contributed by atoms with van der Waals surface area (Å²) < 4.78 is 5.64. The summed E-state index contributed by atoms with van der Waals surface area (Å²) in [6, 6.07) is 17.1. The van der Waals surface area contributed by atoms with Crippen molar-refractivity contribution < 1.29 is 14.6 Å². The molecule has 0 bridgehead atoms. The molecule has 0 saturated heterocycles. The zero-order chi connectivity index (χ0) is 13.5. The minimum atomic E-state index is -1.21. The molecule has 2 aromatic rings. The second-order valence-electron chi connectivity index (χ2n) is 4.00. The van der Waals surface area contributed by atoms with Crippen molar-refractivity contribution >= 4 is 12.0 Å². The van der Waals surface area contributed by atoms with Gasteiger partial charge in [-0.3, -0.25) is 0 Å². The van der Waals surface area contributed by atoms with Gasteiger partial charge in [-0.25, -0.2) is 0 Å². The number of carbonyl (C=O) groups is 1. The quantitative estimate of drug-likeness (QED) is 0.766. The van der Waals surface area contributed by atoms with E-state index >= 15 is 0 Å². The van der Waals surface area contributed by atoms with Crippen LogP contribution in [0.3, 0.4) is 0 Å². The van der Waals surface area contributed by atoms with E-state index in [2.05, 4.69) is 0 Å². The molecule has 0 aliphatic heterocycles. The average molecular weight is 253 g/mol. The van der Waals surface area contributed by atoms with Crippen molar-refractivity contribution in [3.63, 3.8) is 0 Å². The Morgan fingerprint density at radius 2 is 1.89 bits per heavy atom. The summed E-state index contributed by atoms with van der Waals surface area (Å²) in [6.45, 7) is 0.481. The highest BCUT2D eigenvalue weighted by Gasteiger charge is 1.96. The Morgan fingerprint density at radius 3 is 2.63 bits per heavy atom. The molecule has 0 aliphatic rings. The van der Waals surface area contributed by atoms with Crippen molar-refractivity contribution in [1.82, 2.24) is 0 Å². The summed E-state index contributed by atoms with van der Waals surface area (Å²) in [4.78, 5) is 10.3. The maximum atomic E-state index is 10.3. The van der Waals surface area contributed by atoms with Crippen molar-refractivity contribution in [2.75, 3.05) is 0 Å². The predicted molar refractivity (Wildman–Crippen MR) is 71.3 cm³/mol. The number of benzene rings is 2. The molecular formula is C16H13O3-. The smallest absolute Gasteiger partial charge is 0.120 e.